The van der Waals surface area contributed by atoms with E-state index in [1.54, 1.807) is 57.6 Å². The quantitative estimate of drug-likeness (QED) is 0.0848. The first kappa shape index (κ1) is 91.9. The van der Waals surface area contributed by atoms with Crippen molar-refractivity contribution in [1.29, 1.82) is 0 Å². The Morgan fingerprint density at radius 2 is 0.815 bits per heavy atom. The van der Waals surface area contributed by atoms with E-state index in [2.05, 4.69) is 272 Å². The van der Waals surface area contributed by atoms with E-state index < -0.39 is 19.1 Å². The lowest BCUT2D eigenvalue weighted by atomic mass is 10.0. The molecular formula is C85H77Cl2N7O8P4S2. The molecule has 3 N–H and O–H groups in total. The summed E-state index contributed by atoms with van der Waals surface area (Å²) in [4.78, 5) is 17.7. The van der Waals surface area contributed by atoms with E-state index in [1.807, 2.05) is 42.5 Å². The maximum Gasteiger partial charge on any atom is 0.262 e. The van der Waals surface area contributed by atoms with Gasteiger partial charge in [-0.15, -0.1) is 39.2 Å². The third-order valence-corrected chi connectivity index (χ3v) is 16.9. The zero-order chi connectivity index (χ0) is 77.4. The largest absolute Gasteiger partial charge is 0.480 e. The Balaban J connectivity index is 0.000000372. The number of nitrogen functional groups attached to an aromatic ring is 1. The van der Waals surface area contributed by atoms with Crippen LogP contribution in [0.5, 0.6) is 11.8 Å². The third kappa shape index (κ3) is 40.4. The molecule has 3 unspecified atom stereocenters. The number of likely N-dealkylation sites (N-methyl/N-ethyl adjacent to an activating group) is 2. The van der Waals surface area contributed by atoms with Gasteiger partial charge in [-0.3, -0.25) is 9.71 Å². The van der Waals surface area contributed by atoms with Gasteiger partial charge >= 0.3 is 0 Å². The molecule has 5 atom stereocenters. The lowest BCUT2D eigenvalue weighted by Gasteiger charge is -2.23. The van der Waals surface area contributed by atoms with E-state index in [0.717, 1.165) is 132 Å². The summed E-state index contributed by atoms with van der Waals surface area (Å²) < 4.78 is 72.7. The Morgan fingerprint density at radius 3 is 1.11 bits per heavy atom. The van der Waals surface area contributed by atoms with E-state index in [9.17, 15) is 16.8 Å². The molecular weight excluding hydrogens is 1510 g/mol. The molecule has 2 aromatic carbocycles. The Morgan fingerprint density at radius 1 is 0.491 bits per heavy atom. The van der Waals surface area contributed by atoms with Crippen molar-refractivity contribution in [1.82, 2.24) is 24.8 Å². The zero-order valence-corrected chi connectivity index (χ0v) is 68.1. The molecule has 0 spiro atoms. The highest BCUT2D eigenvalue weighted by Crippen LogP contribution is 2.60. The predicted octanol–water partition coefficient (Wildman–Crippen LogP) is 11.1. The average molecular weight is 1580 g/mol. The van der Waals surface area contributed by atoms with Gasteiger partial charge in [0.2, 0.25) is 11.8 Å². The number of nitrogens with two attached hydrogens (primary N) is 1. The molecule has 546 valence electrons. The normalized spacial score (nSPS) is 13.3. The lowest BCUT2D eigenvalue weighted by Crippen LogP contribution is -2.20. The number of fused-ring (bicyclic) bond motifs is 2. The van der Waals surface area contributed by atoms with Crippen LogP contribution in [0.1, 0.15) is 98.2 Å². The molecule has 0 amide bonds. The molecule has 0 aliphatic carbocycles. The second-order valence-corrected chi connectivity index (χ2v) is 37.7. The first-order valence-electron chi connectivity index (χ1n) is 32.8. The van der Waals surface area contributed by atoms with Crippen molar-refractivity contribution >= 4 is 87.3 Å². The molecule has 0 bridgehead atoms. The average Bonchev–Trinajstić information content (AvgIpc) is 1.08. The Hall–Kier alpha value is -10.4. The number of ether oxygens (including phenoxy) is 4. The maximum absolute atomic E-state index is 13.0. The Kier molecular flexibility index (Phi) is 47.6. The number of hydrogen-bond acceptors (Lipinski definition) is 14. The van der Waals surface area contributed by atoms with Gasteiger partial charge in [0, 0.05) is 181 Å². The molecule has 23 heteroatoms. The number of aromatic nitrogens is 3. The first-order chi connectivity index (χ1) is 51.9. The van der Waals surface area contributed by atoms with E-state index in [1.165, 1.54) is 24.8 Å². The van der Waals surface area contributed by atoms with E-state index in [4.69, 9.17) is 35.4 Å². The molecule has 7 heterocycles. The van der Waals surface area contributed by atoms with Crippen molar-refractivity contribution in [3.05, 3.63) is 125 Å². The van der Waals surface area contributed by atoms with Gasteiger partial charge in [0.05, 0.1) is 41.9 Å². The van der Waals surface area contributed by atoms with Crippen LogP contribution in [0.15, 0.2) is 101 Å². The number of pyridine rings is 3. The SMILES string of the molecule is CC#CC#CC#CC#CC#CC#CC#CC#CC#CC#CC#CC#CC#CC#CC#CC#CC#CC.COc1nc2c(cc1N)CCN(C)CC2.COc1nc2c(cc1NS(=O)(=O)c1ccc([C@H]3CCCCO3)cc1)CCN(C)CC2.Cl.O=S(=O)(Cl)c1ccc([C@H]2CCCCO2)cc1.PP(P)P.c1ccncc1. The summed E-state index contributed by atoms with van der Waals surface area (Å²) in [6, 6.07) is 23.1. The van der Waals surface area contributed by atoms with Gasteiger partial charge < -0.3 is 34.5 Å². The topological polar surface area (TPSA) is 188 Å². The lowest BCUT2D eigenvalue weighted by molar-refractivity contribution is 0.0148. The molecule has 0 radical (unpaired) electrons. The fraction of sp³-hybridized carbons (Fsp3) is 0.282. The predicted molar refractivity (Wildman–Crippen MR) is 449 cm³/mol. The number of halogens is 2. The number of hydrogen-bond donors (Lipinski definition) is 2. The van der Waals surface area contributed by atoms with Crippen LogP contribution in [-0.2, 0) is 54.2 Å². The minimum absolute atomic E-state index is 0. The Bertz CT molecular complexity index is 5100. The van der Waals surface area contributed by atoms with Crippen LogP contribution in [0.3, 0.4) is 0 Å². The smallest absolute Gasteiger partial charge is 0.262 e. The van der Waals surface area contributed by atoms with Gasteiger partial charge in [-0.1, -0.05) is 42.2 Å². The molecule has 9 rings (SSSR count). The fourth-order valence-electron chi connectivity index (χ4n) is 9.16. The van der Waals surface area contributed by atoms with Crippen LogP contribution in [0.4, 0.5) is 11.4 Å². The van der Waals surface area contributed by atoms with Crippen LogP contribution < -0.4 is 19.9 Å². The van der Waals surface area contributed by atoms with Crippen LogP contribution >= 0.6 is 56.9 Å². The molecule has 2 saturated heterocycles. The summed E-state index contributed by atoms with van der Waals surface area (Å²) in [6.45, 7) is 9.00. The minimum Gasteiger partial charge on any atom is -0.480 e. The highest BCUT2D eigenvalue weighted by molar-refractivity contribution is 8.65. The second kappa shape index (κ2) is 56.0. The van der Waals surface area contributed by atoms with E-state index in [-0.39, 0.29) is 41.4 Å². The number of nitrogens with zero attached hydrogens (tertiary/aromatic N) is 5. The summed E-state index contributed by atoms with van der Waals surface area (Å²) in [7, 11) is 13.1. The van der Waals surface area contributed by atoms with Crippen LogP contribution in [0.25, 0.3) is 0 Å². The van der Waals surface area contributed by atoms with Gasteiger partial charge in [-0.25, -0.2) is 26.8 Å². The monoisotopic (exact) mass is 1580 g/mol. The van der Waals surface area contributed by atoms with E-state index in [0.29, 0.717) is 23.1 Å². The highest BCUT2D eigenvalue weighted by atomic mass is 35.7. The number of sulfonamides is 1. The van der Waals surface area contributed by atoms with E-state index >= 15 is 0 Å². The van der Waals surface area contributed by atoms with Gasteiger partial charge in [-0.05, 0) is 252 Å². The standard InChI is InChI=1S/C36H6.C22H29N3O4S.C11H13ClO3S.C11H17N3O.C5H5N.ClH.H6P4/c1-3-5-7-9-11-13-15-17-19-21-23-25-27-29-31-33-35-36-34-32-30-28-26-24-22-20-18-16-14-12-10-8-6-4-2;1-25-12-10-17-15-20(22(28-2)23-19(17)11-13-25)24-30(26,27)18-8-6-16(7-9-18)21-5-3-4-14-29-21;12-16(13,14)10-6-4-9(5-7-10)11-3-1-2-8-15-11;1-14-5-3-8-7-9(12)11(15-2)13-10(8)4-6-14;1-2-4-6-5-3-1;;1-4(2)3/h1-2H3;6-9,15,21,24H,3-5,10-14H2,1-2H3;4-7,11H,1-3,8H2;7H,3-6,12H2,1-2H3;1-5H;1H;1-3H2/t;21-;11-;;;;/m.11..../s1. The second-order valence-electron chi connectivity index (χ2n) is 21.8. The van der Waals surface area contributed by atoms with Crippen molar-refractivity contribution < 1.29 is 35.8 Å². The molecule has 3 aromatic heterocycles. The zero-order valence-electron chi connectivity index (χ0n) is 60.5. The van der Waals surface area contributed by atoms with Gasteiger partial charge in [0.25, 0.3) is 19.1 Å². The van der Waals surface area contributed by atoms with Gasteiger partial charge in [0.1, 0.15) is 5.69 Å². The van der Waals surface area contributed by atoms with Crippen LogP contribution in [-0.4, -0.2) is 109 Å². The molecule has 5 aromatic rings. The highest BCUT2D eigenvalue weighted by Gasteiger charge is 2.24. The molecule has 15 nitrogen and oxygen atoms in total. The number of benzene rings is 2. The summed E-state index contributed by atoms with van der Waals surface area (Å²) >= 11 is 0. The minimum atomic E-state index is -3.76. The molecule has 4 aliphatic heterocycles. The van der Waals surface area contributed by atoms with Gasteiger partial charge in [-0.2, -0.15) is 0 Å². The van der Waals surface area contributed by atoms with Crippen molar-refractivity contribution in [2.24, 2.45) is 0 Å². The Labute approximate surface area is 659 Å². The van der Waals surface area contributed by atoms with Crippen molar-refractivity contribution in [2.45, 2.75) is 100 Å². The summed E-state index contributed by atoms with van der Waals surface area (Å²) in [6.07, 6.45) is 13.7. The van der Waals surface area contributed by atoms with Crippen molar-refractivity contribution in [3.63, 3.8) is 0 Å². The molecule has 2 fully saturated rings. The number of anilines is 2. The van der Waals surface area contributed by atoms with Gasteiger partial charge in [0.15, 0.2) is 0 Å². The number of nitrogens with one attached hydrogen (secondary N) is 1. The molecule has 108 heavy (non-hydrogen) atoms. The first-order valence-corrected chi connectivity index (χ1v) is 42.8. The number of methoxy groups -OCH3 is 2. The number of rotatable bonds is 8. The van der Waals surface area contributed by atoms with Crippen molar-refractivity contribution in [3.8, 4) is 213 Å². The maximum atomic E-state index is 13.0. The third-order valence-electron chi connectivity index (χ3n) is 14.2. The van der Waals surface area contributed by atoms with Crippen molar-refractivity contribution in [2.75, 3.05) is 78.2 Å². The van der Waals surface area contributed by atoms with Crippen LogP contribution in [0.2, 0.25) is 0 Å². The van der Waals surface area contributed by atoms with Crippen LogP contribution in [0, 0.1) is 201 Å². The molecule has 0 saturated carbocycles. The molecule has 4 aliphatic rings. The fourth-order valence-corrected chi connectivity index (χ4v) is 11.0. The summed E-state index contributed by atoms with van der Waals surface area (Å²) in [5, 5.41) is 0. The summed E-state index contributed by atoms with van der Waals surface area (Å²) in [5.74, 6) is 86.5. The summed E-state index contributed by atoms with van der Waals surface area (Å²) in [5.41, 5.74) is 13.3.